The zero-order valence-corrected chi connectivity index (χ0v) is 24.0. The van der Waals surface area contributed by atoms with Crippen LogP contribution >= 0.6 is 11.3 Å². The number of nitrogens with zero attached hydrogens (tertiary/aromatic N) is 1. The van der Waals surface area contributed by atoms with Crippen molar-refractivity contribution in [2.45, 2.75) is 19.3 Å². The molecule has 0 unspecified atom stereocenters. The number of thiophene rings is 1. The Bertz CT molecular complexity index is 2070. The molecule has 41 heavy (non-hydrogen) atoms. The van der Waals surface area contributed by atoms with E-state index in [0.717, 1.165) is 11.4 Å². The SMILES string of the molecule is CC1(C)c2ccccc2-c2cc(N(c3ccccc3)c3ccc(-c4cccc5c4sc4ccccc45)cc3)ccc21. The zero-order valence-electron chi connectivity index (χ0n) is 23.1. The Hall–Kier alpha value is -4.66. The highest BCUT2D eigenvalue weighted by molar-refractivity contribution is 7.26. The topological polar surface area (TPSA) is 3.24 Å². The highest BCUT2D eigenvalue weighted by Crippen LogP contribution is 2.50. The molecule has 7 aromatic rings. The van der Waals surface area contributed by atoms with E-state index in [-0.39, 0.29) is 5.41 Å². The first-order valence-electron chi connectivity index (χ1n) is 14.2. The third-order valence-corrected chi connectivity index (χ3v) is 9.90. The van der Waals surface area contributed by atoms with Gasteiger partial charge in [0, 0.05) is 42.6 Å². The Morgan fingerprint density at radius 3 is 1.98 bits per heavy atom. The second-order valence-electron chi connectivity index (χ2n) is 11.4. The molecule has 0 atom stereocenters. The summed E-state index contributed by atoms with van der Waals surface area (Å²) < 4.78 is 2.68. The van der Waals surface area contributed by atoms with Crippen molar-refractivity contribution in [1.29, 1.82) is 0 Å². The summed E-state index contributed by atoms with van der Waals surface area (Å²) in [6, 6.07) is 51.0. The molecule has 0 amide bonds. The van der Waals surface area contributed by atoms with Crippen LogP contribution in [0.5, 0.6) is 0 Å². The van der Waals surface area contributed by atoms with Crippen molar-refractivity contribution in [2.75, 3.05) is 4.90 Å². The maximum absolute atomic E-state index is 2.38. The number of rotatable bonds is 4. The van der Waals surface area contributed by atoms with Gasteiger partial charge in [-0.1, -0.05) is 111 Å². The Morgan fingerprint density at radius 1 is 0.488 bits per heavy atom. The van der Waals surface area contributed by atoms with Crippen molar-refractivity contribution in [3.8, 4) is 22.3 Å². The molecule has 8 rings (SSSR count). The van der Waals surface area contributed by atoms with Crippen molar-refractivity contribution in [3.63, 3.8) is 0 Å². The van der Waals surface area contributed by atoms with Crippen LogP contribution in [0.25, 0.3) is 42.4 Å². The fourth-order valence-electron chi connectivity index (χ4n) is 6.64. The third kappa shape index (κ3) is 3.75. The molecule has 1 aliphatic carbocycles. The van der Waals surface area contributed by atoms with Crippen LogP contribution in [0.2, 0.25) is 0 Å². The van der Waals surface area contributed by atoms with Gasteiger partial charge in [-0.05, 0) is 75.8 Å². The van der Waals surface area contributed by atoms with Gasteiger partial charge in [0.2, 0.25) is 0 Å². The van der Waals surface area contributed by atoms with E-state index < -0.39 is 0 Å². The maximum Gasteiger partial charge on any atom is 0.0468 e. The number of benzene rings is 6. The van der Waals surface area contributed by atoms with Crippen molar-refractivity contribution >= 4 is 48.6 Å². The maximum atomic E-state index is 2.38. The lowest BCUT2D eigenvalue weighted by Crippen LogP contribution is -2.15. The molecule has 0 radical (unpaired) electrons. The van der Waals surface area contributed by atoms with E-state index in [1.807, 2.05) is 11.3 Å². The molecule has 1 heterocycles. The van der Waals surface area contributed by atoms with Crippen LogP contribution in [0.1, 0.15) is 25.0 Å². The zero-order chi connectivity index (χ0) is 27.6. The van der Waals surface area contributed by atoms with Gasteiger partial charge in [-0.25, -0.2) is 0 Å². The smallest absolute Gasteiger partial charge is 0.0468 e. The summed E-state index contributed by atoms with van der Waals surface area (Å²) in [4.78, 5) is 2.37. The van der Waals surface area contributed by atoms with Gasteiger partial charge in [-0.3, -0.25) is 0 Å². The van der Waals surface area contributed by atoms with E-state index in [4.69, 9.17) is 0 Å². The van der Waals surface area contributed by atoms with Crippen LogP contribution in [0, 0.1) is 0 Å². The largest absolute Gasteiger partial charge is 0.310 e. The molecular weight excluding hydrogens is 515 g/mol. The van der Waals surface area contributed by atoms with Gasteiger partial charge < -0.3 is 4.90 Å². The molecule has 0 saturated heterocycles. The lowest BCUT2D eigenvalue weighted by atomic mass is 9.82. The standard InChI is InChI=1S/C39H29NS/c1-39(2)35-17-8-6-13-31(35)34-25-29(23-24-36(34)39)40(27-11-4-3-5-12-27)28-21-19-26(20-22-28)30-15-10-16-33-32-14-7-9-18-37(32)41-38(30)33/h3-25H,1-2H3. The Balaban J connectivity index is 1.25. The van der Waals surface area contributed by atoms with Crippen LogP contribution in [-0.4, -0.2) is 0 Å². The highest BCUT2D eigenvalue weighted by Gasteiger charge is 2.35. The second-order valence-corrected chi connectivity index (χ2v) is 12.5. The Kier molecular flexibility index (Phi) is 5.42. The molecule has 2 heteroatoms. The summed E-state index contributed by atoms with van der Waals surface area (Å²) in [6.07, 6.45) is 0. The first-order chi connectivity index (χ1) is 20.1. The van der Waals surface area contributed by atoms with Gasteiger partial charge in [-0.2, -0.15) is 0 Å². The first-order valence-corrected chi connectivity index (χ1v) is 15.0. The molecule has 6 aromatic carbocycles. The molecule has 0 aliphatic heterocycles. The van der Waals surface area contributed by atoms with Crippen molar-refractivity contribution in [1.82, 2.24) is 0 Å². The third-order valence-electron chi connectivity index (χ3n) is 8.68. The molecule has 1 aliphatic rings. The van der Waals surface area contributed by atoms with E-state index in [9.17, 15) is 0 Å². The lowest BCUT2D eigenvalue weighted by molar-refractivity contribution is 0.660. The van der Waals surface area contributed by atoms with Gasteiger partial charge in [0.15, 0.2) is 0 Å². The van der Waals surface area contributed by atoms with Gasteiger partial charge in [0.25, 0.3) is 0 Å². The van der Waals surface area contributed by atoms with E-state index >= 15 is 0 Å². The van der Waals surface area contributed by atoms with E-state index in [2.05, 4.69) is 158 Å². The molecule has 0 bridgehead atoms. The Morgan fingerprint density at radius 2 is 1.12 bits per heavy atom. The van der Waals surface area contributed by atoms with Gasteiger partial charge in [0.1, 0.15) is 0 Å². The molecule has 1 aromatic heterocycles. The van der Waals surface area contributed by atoms with Gasteiger partial charge in [-0.15, -0.1) is 11.3 Å². The highest BCUT2D eigenvalue weighted by atomic mass is 32.1. The minimum atomic E-state index is -0.00268. The molecule has 0 fully saturated rings. The molecule has 0 spiro atoms. The minimum absolute atomic E-state index is 0.00268. The van der Waals surface area contributed by atoms with E-state index in [1.54, 1.807) is 0 Å². The van der Waals surface area contributed by atoms with Crippen LogP contribution in [0.3, 0.4) is 0 Å². The molecule has 196 valence electrons. The second kappa shape index (κ2) is 9.19. The van der Waals surface area contributed by atoms with Gasteiger partial charge in [0.05, 0.1) is 0 Å². The van der Waals surface area contributed by atoms with Crippen LogP contribution in [0.15, 0.2) is 140 Å². The number of para-hydroxylation sites is 1. The van der Waals surface area contributed by atoms with E-state index in [0.29, 0.717) is 0 Å². The lowest BCUT2D eigenvalue weighted by Gasteiger charge is -2.27. The van der Waals surface area contributed by atoms with Crippen molar-refractivity contribution < 1.29 is 0 Å². The van der Waals surface area contributed by atoms with Crippen LogP contribution in [0.4, 0.5) is 17.1 Å². The average Bonchev–Trinajstić information content (AvgIpc) is 3.51. The average molecular weight is 544 g/mol. The fraction of sp³-hybridized carbons (Fsp3) is 0.0769. The number of hydrogen-bond acceptors (Lipinski definition) is 2. The predicted octanol–water partition coefficient (Wildman–Crippen LogP) is 11.5. The molecule has 0 saturated carbocycles. The summed E-state index contributed by atoms with van der Waals surface area (Å²) >= 11 is 1.88. The normalized spacial score (nSPS) is 13.3. The van der Waals surface area contributed by atoms with Crippen molar-refractivity contribution in [3.05, 3.63) is 151 Å². The predicted molar refractivity (Wildman–Crippen MR) is 177 cm³/mol. The summed E-state index contributed by atoms with van der Waals surface area (Å²) in [6.45, 7) is 4.67. The quantitative estimate of drug-likeness (QED) is 0.213. The molecule has 0 N–H and O–H groups in total. The first kappa shape index (κ1) is 24.2. The summed E-state index contributed by atoms with van der Waals surface area (Å²) in [7, 11) is 0. The minimum Gasteiger partial charge on any atom is -0.310 e. The number of fused-ring (bicyclic) bond motifs is 6. The fourth-order valence-corrected chi connectivity index (χ4v) is 7.87. The summed E-state index contributed by atoms with van der Waals surface area (Å²) in [5, 5.41) is 2.67. The number of hydrogen-bond donors (Lipinski definition) is 0. The van der Waals surface area contributed by atoms with Gasteiger partial charge >= 0.3 is 0 Å². The number of anilines is 3. The summed E-state index contributed by atoms with van der Waals surface area (Å²) in [5.74, 6) is 0. The van der Waals surface area contributed by atoms with E-state index in [1.165, 1.54) is 59.2 Å². The van der Waals surface area contributed by atoms with Crippen LogP contribution < -0.4 is 4.90 Å². The summed E-state index contributed by atoms with van der Waals surface area (Å²) in [5.41, 5.74) is 11.5. The van der Waals surface area contributed by atoms with Crippen molar-refractivity contribution in [2.24, 2.45) is 0 Å². The molecular formula is C39H29NS. The monoisotopic (exact) mass is 543 g/mol. The Labute approximate surface area is 245 Å². The molecule has 1 nitrogen and oxygen atoms in total. The van der Waals surface area contributed by atoms with Crippen LogP contribution in [-0.2, 0) is 5.41 Å².